The average Bonchev–Trinajstić information content (AvgIpc) is 2.77. The summed E-state index contributed by atoms with van der Waals surface area (Å²) >= 11 is 0. The molecule has 7 heteroatoms. The van der Waals surface area contributed by atoms with Crippen molar-refractivity contribution in [3.63, 3.8) is 0 Å². The van der Waals surface area contributed by atoms with E-state index in [0.717, 1.165) is 18.4 Å². The van der Waals surface area contributed by atoms with Crippen molar-refractivity contribution in [2.75, 3.05) is 18.5 Å². The van der Waals surface area contributed by atoms with Crippen molar-refractivity contribution in [3.05, 3.63) is 59.9 Å². The molecule has 1 aliphatic rings. The lowest BCUT2D eigenvalue weighted by molar-refractivity contribution is -0.155. The van der Waals surface area contributed by atoms with Crippen molar-refractivity contribution in [2.45, 2.75) is 45.4 Å². The Balaban J connectivity index is 1.71. The van der Waals surface area contributed by atoms with Crippen molar-refractivity contribution in [3.8, 4) is 0 Å². The van der Waals surface area contributed by atoms with Gasteiger partial charge in [0, 0.05) is 30.5 Å². The molecule has 3 rings (SSSR count). The summed E-state index contributed by atoms with van der Waals surface area (Å²) in [5.41, 5.74) is 2.29. The van der Waals surface area contributed by atoms with E-state index < -0.39 is 12.1 Å². The summed E-state index contributed by atoms with van der Waals surface area (Å²) in [4.78, 5) is 30.4. The Morgan fingerprint density at radius 1 is 1.20 bits per heavy atom. The van der Waals surface area contributed by atoms with Crippen LogP contribution in [0.2, 0.25) is 0 Å². The molecule has 0 radical (unpaired) electrons. The van der Waals surface area contributed by atoms with E-state index in [2.05, 4.69) is 10.3 Å². The molecule has 2 heterocycles. The minimum atomic E-state index is -0.903. The molecule has 2 N–H and O–H groups in total. The van der Waals surface area contributed by atoms with E-state index in [4.69, 9.17) is 4.74 Å². The molecule has 160 valence electrons. The molecule has 1 aromatic heterocycles. The minimum Gasteiger partial charge on any atom is -0.386 e. The van der Waals surface area contributed by atoms with Crippen LogP contribution in [0.3, 0.4) is 0 Å². The van der Waals surface area contributed by atoms with Crippen LogP contribution < -0.4 is 5.32 Å². The molecule has 0 aliphatic carbocycles. The summed E-state index contributed by atoms with van der Waals surface area (Å²) in [7, 11) is 0. The first kappa shape index (κ1) is 21.9. The number of aliphatic hydroxyl groups excluding tert-OH is 1. The van der Waals surface area contributed by atoms with Crippen LogP contribution in [0.1, 0.15) is 43.9 Å². The number of aliphatic hydroxyl groups is 1. The maximum Gasteiger partial charge on any atom is 0.249 e. The quantitative estimate of drug-likeness (QED) is 0.697. The fraction of sp³-hybridized carbons (Fsp3) is 0.435. The fourth-order valence-corrected chi connectivity index (χ4v) is 3.67. The van der Waals surface area contributed by atoms with E-state index in [0.29, 0.717) is 17.8 Å². The highest BCUT2D eigenvalue weighted by atomic mass is 16.5. The molecule has 0 saturated carbocycles. The highest BCUT2D eigenvalue weighted by molar-refractivity contribution is 5.92. The molecule has 2 aromatic rings. The number of rotatable bonds is 8. The molecule has 0 unspecified atom stereocenters. The van der Waals surface area contributed by atoms with Crippen LogP contribution in [0.25, 0.3) is 0 Å². The van der Waals surface area contributed by atoms with Crippen LogP contribution in [0.5, 0.6) is 0 Å². The molecule has 1 aromatic carbocycles. The Bertz CT molecular complexity index is 837. The Morgan fingerprint density at radius 3 is 2.50 bits per heavy atom. The minimum absolute atomic E-state index is 0.00287. The monoisotopic (exact) mass is 411 g/mol. The Kier molecular flexibility index (Phi) is 7.54. The van der Waals surface area contributed by atoms with Gasteiger partial charge in [-0.25, -0.2) is 0 Å². The van der Waals surface area contributed by atoms with Gasteiger partial charge in [-0.2, -0.15) is 0 Å². The van der Waals surface area contributed by atoms with E-state index in [1.54, 1.807) is 41.6 Å². The summed E-state index contributed by atoms with van der Waals surface area (Å²) in [5, 5.41) is 13.9. The van der Waals surface area contributed by atoms with Gasteiger partial charge in [0.25, 0.3) is 0 Å². The van der Waals surface area contributed by atoms with Gasteiger partial charge in [0.2, 0.25) is 11.8 Å². The number of nitrogens with one attached hydrogen (secondary N) is 1. The lowest BCUT2D eigenvalue weighted by Crippen LogP contribution is -2.51. The summed E-state index contributed by atoms with van der Waals surface area (Å²) < 4.78 is 5.41. The second kappa shape index (κ2) is 10.3. The number of carbonyl (C=O) groups excluding carboxylic acids is 2. The van der Waals surface area contributed by atoms with E-state index >= 15 is 0 Å². The lowest BCUT2D eigenvalue weighted by Gasteiger charge is -2.38. The molecular weight excluding hydrogens is 382 g/mol. The molecule has 1 aliphatic heterocycles. The van der Waals surface area contributed by atoms with Gasteiger partial charge >= 0.3 is 0 Å². The molecule has 1 saturated heterocycles. The van der Waals surface area contributed by atoms with Gasteiger partial charge in [0.05, 0.1) is 12.6 Å². The van der Waals surface area contributed by atoms with Crippen LogP contribution >= 0.6 is 0 Å². The van der Waals surface area contributed by atoms with Crippen molar-refractivity contribution < 1.29 is 19.4 Å². The van der Waals surface area contributed by atoms with E-state index in [1.165, 1.54) is 0 Å². The lowest BCUT2D eigenvalue weighted by atomic mass is 9.99. The van der Waals surface area contributed by atoms with Gasteiger partial charge in [-0.15, -0.1) is 0 Å². The van der Waals surface area contributed by atoms with Crippen molar-refractivity contribution in [1.82, 2.24) is 9.88 Å². The van der Waals surface area contributed by atoms with Gasteiger partial charge in [-0.1, -0.05) is 26.0 Å². The van der Waals surface area contributed by atoms with E-state index in [1.807, 2.05) is 26.0 Å². The predicted octanol–water partition coefficient (Wildman–Crippen LogP) is 2.92. The Labute approximate surface area is 177 Å². The summed E-state index contributed by atoms with van der Waals surface area (Å²) in [6, 6.07) is 10.3. The molecular formula is C23H29N3O4. The number of amides is 2. The molecule has 2 atom stereocenters. The van der Waals surface area contributed by atoms with Gasteiger partial charge in [0.1, 0.15) is 12.7 Å². The maximum absolute atomic E-state index is 12.5. The van der Waals surface area contributed by atoms with Gasteiger partial charge in [0.15, 0.2) is 0 Å². The largest absolute Gasteiger partial charge is 0.386 e. The van der Waals surface area contributed by atoms with Crippen molar-refractivity contribution in [1.29, 1.82) is 0 Å². The molecule has 0 spiro atoms. The zero-order valence-electron chi connectivity index (χ0n) is 17.5. The number of pyridine rings is 1. The van der Waals surface area contributed by atoms with Crippen LogP contribution in [-0.2, 0) is 20.9 Å². The number of morpholine rings is 1. The molecule has 30 heavy (non-hydrogen) atoms. The van der Waals surface area contributed by atoms with Crippen LogP contribution in [0, 0.1) is 5.92 Å². The number of anilines is 1. The van der Waals surface area contributed by atoms with E-state index in [9.17, 15) is 14.7 Å². The first-order chi connectivity index (χ1) is 14.5. The molecule has 0 bridgehead atoms. The summed E-state index contributed by atoms with van der Waals surface area (Å²) in [6.07, 6.45) is 4.05. The van der Waals surface area contributed by atoms with Crippen molar-refractivity contribution in [2.24, 2.45) is 5.92 Å². The number of carbonyl (C=O) groups is 2. The molecule has 2 amide bonds. The van der Waals surface area contributed by atoms with Crippen molar-refractivity contribution >= 4 is 17.5 Å². The molecule has 1 fully saturated rings. The number of hydrogen-bond acceptors (Lipinski definition) is 5. The standard InChI is InChI=1S/C23H29N3O4/c1-3-17(4-2)23(29)25-19-7-5-18(6-8-19)22(28)20-14-30-15-21(27)26(20)13-16-9-11-24-12-10-16/h5-12,17,20,22,28H,3-4,13-15H2,1-2H3,(H,25,29)/t20-,22-/m1/s1. The maximum atomic E-state index is 12.5. The Hall–Kier alpha value is -2.77. The summed E-state index contributed by atoms with van der Waals surface area (Å²) in [5.74, 6) is -0.165. The SMILES string of the molecule is CCC(CC)C(=O)Nc1ccc([C@@H](O)[C@H]2COCC(=O)N2Cc2ccncc2)cc1. The highest BCUT2D eigenvalue weighted by Crippen LogP contribution is 2.27. The van der Waals surface area contributed by atoms with Gasteiger partial charge in [-0.3, -0.25) is 14.6 Å². The number of benzene rings is 1. The number of ether oxygens (including phenoxy) is 1. The number of aromatic nitrogens is 1. The normalized spacial score (nSPS) is 17.8. The number of hydrogen-bond donors (Lipinski definition) is 2. The van der Waals surface area contributed by atoms with E-state index in [-0.39, 0.29) is 30.9 Å². The van der Waals surface area contributed by atoms with Gasteiger partial charge in [-0.05, 0) is 48.2 Å². The smallest absolute Gasteiger partial charge is 0.249 e. The summed E-state index contributed by atoms with van der Waals surface area (Å²) in [6.45, 7) is 4.65. The highest BCUT2D eigenvalue weighted by Gasteiger charge is 2.34. The third kappa shape index (κ3) is 5.23. The van der Waals surface area contributed by atoms with Crippen LogP contribution in [0.4, 0.5) is 5.69 Å². The second-order valence-corrected chi connectivity index (χ2v) is 7.53. The second-order valence-electron chi connectivity index (χ2n) is 7.53. The first-order valence-corrected chi connectivity index (χ1v) is 10.4. The van der Waals surface area contributed by atoms with Crippen LogP contribution in [-0.4, -0.2) is 46.1 Å². The molecule has 7 nitrogen and oxygen atoms in total. The number of nitrogens with zero attached hydrogens (tertiary/aromatic N) is 2. The zero-order chi connectivity index (χ0) is 21.5. The average molecular weight is 412 g/mol. The third-order valence-electron chi connectivity index (χ3n) is 5.58. The Morgan fingerprint density at radius 2 is 1.87 bits per heavy atom. The predicted molar refractivity (Wildman–Crippen MR) is 113 cm³/mol. The topological polar surface area (TPSA) is 91.8 Å². The zero-order valence-corrected chi connectivity index (χ0v) is 17.5. The third-order valence-corrected chi connectivity index (χ3v) is 5.58. The van der Waals surface area contributed by atoms with Crippen LogP contribution in [0.15, 0.2) is 48.8 Å². The first-order valence-electron chi connectivity index (χ1n) is 10.4. The van der Waals surface area contributed by atoms with Gasteiger partial charge < -0.3 is 20.1 Å². The fourth-order valence-electron chi connectivity index (χ4n) is 3.67.